The van der Waals surface area contributed by atoms with E-state index < -0.39 is 0 Å². The van der Waals surface area contributed by atoms with Gasteiger partial charge in [0, 0.05) is 38.3 Å². The molecule has 5 heteroatoms. The van der Waals surface area contributed by atoms with Crippen molar-refractivity contribution >= 4 is 11.6 Å². The van der Waals surface area contributed by atoms with Crippen molar-refractivity contribution in [1.82, 2.24) is 5.32 Å². The van der Waals surface area contributed by atoms with Crippen LogP contribution in [0.1, 0.15) is 22.3 Å². The minimum absolute atomic E-state index is 0.0904. The number of benzene rings is 2. The summed E-state index contributed by atoms with van der Waals surface area (Å²) in [4.78, 5) is 14.3. The summed E-state index contributed by atoms with van der Waals surface area (Å²) in [6, 6.07) is 13.3. The first-order valence-corrected chi connectivity index (χ1v) is 8.07. The molecule has 2 aromatic carbocycles. The Morgan fingerprint density at radius 1 is 1.04 bits per heavy atom. The van der Waals surface area contributed by atoms with Gasteiger partial charge in [-0.2, -0.15) is 0 Å². The summed E-state index contributed by atoms with van der Waals surface area (Å²) in [5.74, 6) is 1.42. The lowest BCUT2D eigenvalue weighted by Gasteiger charge is -2.13. The lowest BCUT2D eigenvalue weighted by atomic mass is 10.1. The molecule has 2 aromatic rings. The van der Waals surface area contributed by atoms with E-state index >= 15 is 0 Å². The van der Waals surface area contributed by atoms with Crippen LogP contribution >= 0.6 is 0 Å². The molecule has 0 spiro atoms. The van der Waals surface area contributed by atoms with Crippen LogP contribution < -0.4 is 19.7 Å². The molecule has 1 heterocycles. The first-order chi connectivity index (χ1) is 11.6. The monoisotopic (exact) mass is 326 g/mol. The number of carbonyl (C=O) groups excluding carboxylic acids is 1. The zero-order chi connectivity index (χ0) is 16.9. The van der Waals surface area contributed by atoms with Crippen LogP contribution in [-0.4, -0.2) is 33.2 Å². The van der Waals surface area contributed by atoms with E-state index in [1.54, 1.807) is 0 Å². The smallest absolute Gasteiger partial charge is 0.251 e. The molecule has 0 atom stereocenters. The molecule has 126 valence electrons. The van der Waals surface area contributed by atoms with Gasteiger partial charge in [-0.15, -0.1) is 0 Å². The van der Waals surface area contributed by atoms with Crippen molar-refractivity contribution in [3.63, 3.8) is 0 Å². The fourth-order valence-electron chi connectivity index (χ4n) is 2.51. The summed E-state index contributed by atoms with van der Waals surface area (Å²) in [5.41, 5.74) is 2.70. The number of ether oxygens (including phenoxy) is 2. The number of carbonyl (C=O) groups is 1. The fraction of sp³-hybridized carbons (Fsp3) is 0.316. The van der Waals surface area contributed by atoms with Crippen molar-refractivity contribution in [3.8, 4) is 11.5 Å². The van der Waals surface area contributed by atoms with Gasteiger partial charge >= 0.3 is 0 Å². The van der Waals surface area contributed by atoms with E-state index in [4.69, 9.17) is 9.47 Å². The lowest BCUT2D eigenvalue weighted by Crippen LogP contribution is -2.22. The van der Waals surface area contributed by atoms with Gasteiger partial charge in [0.2, 0.25) is 0 Å². The highest BCUT2D eigenvalue weighted by molar-refractivity contribution is 5.94. The number of hydrogen-bond acceptors (Lipinski definition) is 4. The van der Waals surface area contributed by atoms with Crippen LogP contribution in [0.15, 0.2) is 42.5 Å². The van der Waals surface area contributed by atoms with Crippen LogP contribution in [0.2, 0.25) is 0 Å². The molecule has 1 aliphatic rings. The van der Waals surface area contributed by atoms with Crippen LogP contribution in [0.4, 0.5) is 5.69 Å². The fourth-order valence-corrected chi connectivity index (χ4v) is 2.51. The average molecular weight is 326 g/mol. The van der Waals surface area contributed by atoms with Gasteiger partial charge in [-0.05, 0) is 42.0 Å². The van der Waals surface area contributed by atoms with Gasteiger partial charge in [-0.1, -0.05) is 6.07 Å². The maximum absolute atomic E-state index is 12.3. The van der Waals surface area contributed by atoms with E-state index in [0.29, 0.717) is 25.3 Å². The van der Waals surface area contributed by atoms with E-state index in [1.165, 1.54) is 0 Å². The van der Waals surface area contributed by atoms with E-state index in [0.717, 1.165) is 29.2 Å². The largest absolute Gasteiger partial charge is 0.490 e. The van der Waals surface area contributed by atoms with Crippen molar-refractivity contribution in [2.24, 2.45) is 0 Å². The first kappa shape index (κ1) is 16.2. The summed E-state index contributed by atoms with van der Waals surface area (Å²) < 4.78 is 11.3. The molecule has 0 radical (unpaired) electrons. The predicted molar refractivity (Wildman–Crippen MR) is 94.0 cm³/mol. The second-order valence-electron chi connectivity index (χ2n) is 5.96. The average Bonchev–Trinajstić information content (AvgIpc) is 2.84. The molecule has 0 saturated heterocycles. The Kier molecular flexibility index (Phi) is 4.89. The molecule has 24 heavy (non-hydrogen) atoms. The molecule has 1 N–H and O–H groups in total. The normalized spacial score (nSPS) is 13.1. The summed E-state index contributed by atoms with van der Waals surface area (Å²) in [6.07, 6.45) is 0.879. The van der Waals surface area contributed by atoms with Gasteiger partial charge in [0.25, 0.3) is 5.91 Å². The van der Waals surface area contributed by atoms with Crippen molar-refractivity contribution in [2.75, 3.05) is 32.2 Å². The van der Waals surface area contributed by atoms with E-state index in [9.17, 15) is 4.79 Å². The quantitative estimate of drug-likeness (QED) is 0.939. The Balaban J connectivity index is 1.62. The van der Waals surface area contributed by atoms with Crippen LogP contribution in [0, 0.1) is 0 Å². The van der Waals surface area contributed by atoms with Crippen LogP contribution in [-0.2, 0) is 6.54 Å². The number of nitrogens with zero attached hydrogens (tertiary/aromatic N) is 1. The van der Waals surface area contributed by atoms with E-state index in [-0.39, 0.29) is 5.91 Å². The maximum Gasteiger partial charge on any atom is 0.251 e. The number of rotatable bonds is 4. The second-order valence-corrected chi connectivity index (χ2v) is 5.96. The molecule has 0 saturated carbocycles. The number of amides is 1. The van der Waals surface area contributed by atoms with Gasteiger partial charge in [-0.3, -0.25) is 4.79 Å². The maximum atomic E-state index is 12.3. The molecule has 0 bridgehead atoms. The highest BCUT2D eigenvalue weighted by Gasteiger charge is 2.11. The van der Waals surface area contributed by atoms with Crippen molar-refractivity contribution in [3.05, 3.63) is 53.6 Å². The third-order valence-corrected chi connectivity index (χ3v) is 3.91. The molecular weight excluding hydrogens is 304 g/mol. The van der Waals surface area contributed by atoms with E-state index in [2.05, 4.69) is 5.32 Å². The third kappa shape index (κ3) is 3.79. The second kappa shape index (κ2) is 7.25. The van der Waals surface area contributed by atoms with Crippen LogP contribution in [0.3, 0.4) is 0 Å². The van der Waals surface area contributed by atoms with Crippen molar-refractivity contribution in [1.29, 1.82) is 0 Å². The standard InChI is InChI=1S/C19H22N2O3/c1-21(2)16-7-5-15(6-8-16)19(22)20-13-14-4-9-17-18(12-14)24-11-3-10-23-17/h4-9,12H,3,10-11,13H2,1-2H3,(H,20,22). The molecule has 0 unspecified atom stereocenters. The zero-order valence-electron chi connectivity index (χ0n) is 14.0. The van der Waals surface area contributed by atoms with Crippen LogP contribution in [0.25, 0.3) is 0 Å². The molecule has 3 rings (SSSR count). The van der Waals surface area contributed by atoms with Gasteiger partial charge in [0.05, 0.1) is 13.2 Å². The van der Waals surface area contributed by atoms with Gasteiger partial charge in [-0.25, -0.2) is 0 Å². The molecule has 0 aromatic heterocycles. The highest BCUT2D eigenvalue weighted by Crippen LogP contribution is 2.30. The third-order valence-electron chi connectivity index (χ3n) is 3.91. The predicted octanol–water partition coefficient (Wildman–Crippen LogP) is 2.84. The van der Waals surface area contributed by atoms with E-state index in [1.807, 2.05) is 61.5 Å². The molecule has 0 fully saturated rings. The first-order valence-electron chi connectivity index (χ1n) is 8.07. The van der Waals surface area contributed by atoms with Gasteiger partial charge in [0.15, 0.2) is 11.5 Å². The summed E-state index contributed by atoms with van der Waals surface area (Å²) in [5, 5.41) is 2.94. The van der Waals surface area contributed by atoms with Crippen LogP contribution in [0.5, 0.6) is 11.5 Å². The number of nitrogens with one attached hydrogen (secondary N) is 1. The minimum Gasteiger partial charge on any atom is -0.490 e. The molecule has 1 amide bonds. The summed E-state index contributed by atoms with van der Waals surface area (Å²) >= 11 is 0. The van der Waals surface area contributed by atoms with Gasteiger partial charge in [0.1, 0.15) is 0 Å². The molecular formula is C19H22N2O3. The zero-order valence-corrected chi connectivity index (χ0v) is 14.0. The molecule has 1 aliphatic heterocycles. The number of anilines is 1. The molecule has 5 nitrogen and oxygen atoms in total. The Hall–Kier alpha value is -2.69. The summed E-state index contributed by atoms with van der Waals surface area (Å²) in [7, 11) is 3.94. The number of hydrogen-bond donors (Lipinski definition) is 1. The Morgan fingerprint density at radius 3 is 2.46 bits per heavy atom. The van der Waals surface area contributed by atoms with Gasteiger partial charge < -0.3 is 19.7 Å². The Bertz CT molecular complexity index is 711. The summed E-state index contributed by atoms with van der Waals surface area (Å²) in [6.45, 7) is 1.78. The SMILES string of the molecule is CN(C)c1ccc(C(=O)NCc2ccc3c(c2)OCCCO3)cc1. The van der Waals surface area contributed by atoms with Crippen molar-refractivity contribution < 1.29 is 14.3 Å². The lowest BCUT2D eigenvalue weighted by molar-refractivity contribution is 0.0951. The number of fused-ring (bicyclic) bond motifs is 1. The molecule has 0 aliphatic carbocycles. The van der Waals surface area contributed by atoms with Crippen molar-refractivity contribution in [2.45, 2.75) is 13.0 Å². The highest BCUT2D eigenvalue weighted by atomic mass is 16.5. The Labute approximate surface area is 142 Å². The topological polar surface area (TPSA) is 50.8 Å². The Morgan fingerprint density at radius 2 is 1.75 bits per heavy atom. The minimum atomic E-state index is -0.0904.